The SMILES string of the molecule is COC(=O)c1ccc2c(C(=Nc3ccc(CN(C(C)C)C(C)C)cc3)c3ccccc3)c(O)[nH]c2c1. The normalized spacial score (nSPS) is 12.2. The minimum Gasteiger partial charge on any atom is -0.494 e. The molecule has 3 aromatic carbocycles. The monoisotopic (exact) mass is 483 g/mol. The van der Waals surface area contributed by atoms with Gasteiger partial charge in [0.05, 0.1) is 29.6 Å². The molecule has 4 aromatic rings. The molecule has 0 amide bonds. The molecular formula is C30H33N3O3. The summed E-state index contributed by atoms with van der Waals surface area (Å²) in [5, 5.41) is 11.7. The lowest BCUT2D eigenvalue weighted by molar-refractivity contribution is 0.0601. The van der Waals surface area contributed by atoms with Crippen LogP contribution in [0.25, 0.3) is 10.9 Å². The third-order valence-corrected chi connectivity index (χ3v) is 6.35. The Kier molecular flexibility index (Phi) is 7.55. The van der Waals surface area contributed by atoms with Crippen LogP contribution >= 0.6 is 0 Å². The topological polar surface area (TPSA) is 77.9 Å². The Hall–Kier alpha value is -3.90. The quantitative estimate of drug-likeness (QED) is 0.223. The highest BCUT2D eigenvalue weighted by atomic mass is 16.5. The molecule has 0 unspecified atom stereocenters. The Balaban J connectivity index is 1.77. The number of fused-ring (bicyclic) bond motifs is 1. The summed E-state index contributed by atoms with van der Waals surface area (Å²) in [7, 11) is 1.35. The van der Waals surface area contributed by atoms with Crippen LogP contribution in [0.1, 0.15) is 54.7 Å². The van der Waals surface area contributed by atoms with Gasteiger partial charge in [0.15, 0.2) is 5.88 Å². The first-order valence-electron chi connectivity index (χ1n) is 12.2. The van der Waals surface area contributed by atoms with Gasteiger partial charge < -0.3 is 14.8 Å². The van der Waals surface area contributed by atoms with Crippen molar-refractivity contribution in [3.05, 3.63) is 95.1 Å². The van der Waals surface area contributed by atoms with Crippen LogP contribution in [0, 0.1) is 0 Å². The van der Waals surface area contributed by atoms with Crippen LogP contribution in [-0.2, 0) is 11.3 Å². The van der Waals surface area contributed by atoms with Gasteiger partial charge in [-0.05, 0) is 57.5 Å². The lowest BCUT2D eigenvalue weighted by Crippen LogP contribution is -2.36. The first-order valence-corrected chi connectivity index (χ1v) is 12.2. The van der Waals surface area contributed by atoms with Gasteiger partial charge in [-0.2, -0.15) is 0 Å². The number of aliphatic imine (C=N–C) groups is 1. The van der Waals surface area contributed by atoms with Crippen LogP contribution in [0.5, 0.6) is 5.88 Å². The second-order valence-electron chi connectivity index (χ2n) is 9.45. The molecule has 0 bridgehead atoms. The minimum absolute atomic E-state index is 0.00394. The number of carbonyl (C=O) groups excluding carboxylic acids is 1. The molecule has 36 heavy (non-hydrogen) atoms. The maximum Gasteiger partial charge on any atom is 0.337 e. The van der Waals surface area contributed by atoms with E-state index in [1.165, 1.54) is 12.7 Å². The van der Waals surface area contributed by atoms with Gasteiger partial charge >= 0.3 is 5.97 Å². The Morgan fingerprint density at radius 3 is 2.22 bits per heavy atom. The van der Waals surface area contributed by atoms with Gasteiger partial charge in [-0.1, -0.05) is 48.5 Å². The number of nitrogens with one attached hydrogen (secondary N) is 1. The number of aromatic amines is 1. The third kappa shape index (κ3) is 5.34. The highest BCUT2D eigenvalue weighted by Crippen LogP contribution is 2.32. The largest absolute Gasteiger partial charge is 0.494 e. The van der Waals surface area contributed by atoms with E-state index in [-0.39, 0.29) is 5.88 Å². The average molecular weight is 484 g/mol. The number of rotatable bonds is 8. The van der Waals surface area contributed by atoms with E-state index in [9.17, 15) is 9.90 Å². The molecule has 6 nitrogen and oxygen atoms in total. The summed E-state index contributed by atoms with van der Waals surface area (Å²) in [6.07, 6.45) is 0. The van der Waals surface area contributed by atoms with Gasteiger partial charge in [-0.15, -0.1) is 0 Å². The van der Waals surface area contributed by atoms with Crippen LogP contribution in [0.15, 0.2) is 77.8 Å². The summed E-state index contributed by atoms with van der Waals surface area (Å²) in [5.74, 6) is -0.436. The lowest BCUT2D eigenvalue weighted by Gasteiger charge is -2.30. The molecule has 2 N–H and O–H groups in total. The summed E-state index contributed by atoms with van der Waals surface area (Å²) in [6.45, 7) is 9.73. The maximum absolute atomic E-state index is 12.0. The number of hydrogen-bond donors (Lipinski definition) is 2. The average Bonchev–Trinajstić information content (AvgIpc) is 3.20. The smallest absolute Gasteiger partial charge is 0.337 e. The van der Waals surface area contributed by atoms with Crippen molar-refractivity contribution < 1.29 is 14.6 Å². The van der Waals surface area contributed by atoms with E-state index in [1.54, 1.807) is 18.2 Å². The highest BCUT2D eigenvalue weighted by Gasteiger charge is 2.20. The first kappa shape index (κ1) is 25.2. The van der Waals surface area contributed by atoms with Crippen molar-refractivity contribution in [1.29, 1.82) is 0 Å². The molecule has 0 aliphatic heterocycles. The van der Waals surface area contributed by atoms with Crippen molar-refractivity contribution in [1.82, 2.24) is 9.88 Å². The van der Waals surface area contributed by atoms with E-state index in [4.69, 9.17) is 9.73 Å². The van der Waals surface area contributed by atoms with E-state index in [2.05, 4.69) is 49.7 Å². The van der Waals surface area contributed by atoms with E-state index >= 15 is 0 Å². The molecule has 6 heteroatoms. The van der Waals surface area contributed by atoms with Gasteiger partial charge in [0, 0.05) is 35.1 Å². The molecule has 0 saturated heterocycles. The number of ether oxygens (including phenoxy) is 1. The second kappa shape index (κ2) is 10.8. The number of benzene rings is 3. The number of esters is 1. The Bertz CT molecular complexity index is 1360. The summed E-state index contributed by atoms with van der Waals surface area (Å²) in [6, 6.07) is 24.1. The summed E-state index contributed by atoms with van der Waals surface area (Å²) >= 11 is 0. The van der Waals surface area contributed by atoms with Crippen molar-refractivity contribution in [2.24, 2.45) is 4.99 Å². The van der Waals surface area contributed by atoms with E-state index in [1.807, 2.05) is 42.5 Å². The summed E-state index contributed by atoms with van der Waals surface area (Å²) < 4.78 is 4.84. The van der Waals surface area contributed by atoms with Gasteiger partial charge in [-0.3, -0.25) is 4.90 Å². The van der Waals surface area contributed by atoms with Crippen LogP contribution < -0.4 is 0 Å². The molecule has 1 aromatic heterocycles. The van der Waals surface area contributed by atoms with Crippen LogP contribution in [-0.4, -0.2) is 45.9 Å². The number of carbonyl (C=O) groups is 1. The standard InChI is InChI=1S/C30H33N3O3/c1-19(2)33(20(3)4)18-21-11-14-24(15-12-21)31-28(22-9-7-6-8-10-22)27-25-16-13-23(30(35)36-5)17-26(25)32-29(27)34/h6-17,19-20,32,34H,18H2,1-5H3. The molecule has 0 aliphatic rings. The minimum atomic E-state index is -0.432. The highest BCUT2D eigenvalue weighted by molar-refractivity contribution is 6.22. The number of methoxy groups -OCH3 is 1. The second-order valence-corrected chi connectivity index (χ2v) is 9.45. The molecule has 186 valence electrons. The Labute approximate surface area is 212 Å². The molecule has 4 rings (SSSR count). The fourth-order valence-corrected chi connectivity index (χ4v) is 4.51. The van der Waals surface area contributed by atoms with Crippen LogP contribution in [0.2, 0.25) is 0 Å². The number of nitrogens with zero attached hydrogens (tertiary/aromatic N) is 2. The van der Waals surface area contributed by atoms with Crippen LogP contribution in [0.4, 0.5) is 5.69 Å². The summed E-state index contributed by atoms with van der Waals surface area (Å²) in [5.41, 5.74) is 5.16. The van der Waals surface area contributed by atoms with Gasteiger partial charge in [-0.25, -0.2) is 9.79 Å². The van der Waals surface area contributed by atoms with Gasteiger partial charge in [0.1, 0.15) is 0 Å². The zero-order valence-corrected chi connectivity index (χ0v) is 21.4. The maximum atomic E-state index is 12.0. The predicted molar refractivity (Wildman–Crippen MR) is 145 cm³/mol. The summed E-state index contributed by atoms with van der Waals surface area (Å²) in [4.78, 5) is 22.4. The number of aromatic hydroxyl groups is 1. The molecule has 0 atom stereocenters. The number of H-pyrrole nitrogens is 1. The third-order valence-electron chi connectivity index (χ3n) is 6.35. The van der Waals surface area contributed by atoms with Crippen molar-refractivity contribution in [2.75, 3.05) is 7.11 Å². The molecule has 1 heterocycles. The van der Waals surface area contributed by atoms with Crippen molar-refractivity contribution in [2.45, 2.75) is 46.3 Å². The van der Waals surface area contributed by atoms with Crippen molar-refractivity contribution >= 4 is 28.3 Å². The molecular weight excluding hydrogens is 450 g/mol. The first-order chi connectivity index (χ1) is 17.3. The molecule has 0 saturated carbocycles. The van der Waals surface area contributed by atoms with Crippen molar-refractivity contribution in [3.63, 3.8) is 0 Å². The Morgan fingerprint density at radius 2 is 1.61 bits per heavy atom. The molecule has 0 aliphatic carbocycles. The molecule has 0 spiro atoms. The number of hydrogen-bond acceptors (Lipinski definition) is 5. The molecule has 0 fully saturated rings. The zero-order valence-electron chi connectivity index (χ0n) is 21.4. The molecule has 0 radical (unpaired) electrons. The van der Waals surface area contributed by atoms with E-state index in [0.717, 1.165) is 23.2 Å². The fraction of sp³-hybridized carbons (Fsp3) is 0.267. The van der Waals surface area contributed by atoms with Crippen LogP contribution in [0.3, 0.4) is 0 Å². The van der Waals surface area contributed by atoms with E-state index in [0.29, 0.717) is 34.4 Å². The zero-order chi connectivity index (χ0) is 25.8. The van der Waals surface area contributed by atoms with Gasteiger partial charge in [0.2, 0.25) is 0 Å². The van der Waals surface area contributed by atoms with Gasteiger partial charge in [0.25, 0.3) is 0 Å². The Morgan fingerprint density at radius 1 is 0.944 bits per heavy atom. The predicted octanol–water partition coefficient (Wildman–Crippen LogP) is 6.45. The van der Waals surface area contributed by atoms with Crippen molar-refractivity contribution in [3.8, 4) is 5.88 Å². The fourth-order valence-electron chi connectivity index (χ4n) is 4.51. The lowest BCUT2D eigenvalue weighted by atomic mass is 10.00. The number of aromatic nitrogens is 1. The van der Waals surface area contributed by atoms with E-state index < -0.39 is 5.97 Å².